The fourth-order valence-corrected chi connectivity index (χ4v) is 3.06. The number of nitrogens with two attached hydrogens (primary N) is 2. The molecule has 0 bridgehead atoms. The van der Waals surface area contributed by atoms with Crippen LogP contribution < -0.4 is 11.5 Å². The molecule has 0 aromatic heterocycles. The SMILES string of the molecule is CCCCC(N)CCC(C)(C)CC(C)c1ccc(N)cc1. The van der Waals surface area contributed by atoms with Crippen molar-refractivity contribution in [3.63, 3.8) is 0 Å². The molecule has 0 amide bonds. The lowest BCUT2D eigenvalue weighted by molar-refractivity contribution is 0.268. The van der Waals surface area contributed by atoms with E-state index in [0.29, 0.717) is 17.4 Å². The summed E-state index contributed by atoms with van der Waals surface area (Å²) in [4.78, 5) is 0. The van der Waals surface area contributed by atoms with Gasteiger partial charge in [-0.3, -0.25) is 0 Å². The second kappa shape index (κ2) is 8.43. The zero-order chi connectivity index (χ0) is 15.9. The summed E-state index contributed by atoms with van der Waals surface area (Å²) in [7, 11) is 0. The Morgan fingerprint density at radius 3 is 2.29 bits per heavy atom. The number of anilines is 1. The fourth-order valence-electron chi connectivity index (χ4n) is 3.06. The second-order valence-corrected chi connectivity index (χ2v) is 7.38. The van der Waals surface area contributed by atoms with Crippen molar-refractivity contribution in [2.45, 2.75) is 78.2 Å². The maximum atomic E-state index is 6.21. The quantitative estimate of drug-likeness (QED) is 0.623. The van der Waals surface area contributed by atoms with E-state index < -0.39 is 0 Å². The van der Waals surface area contributed by atoms with E-state index in [1.807, 2.05) is 12.1 Å². The number of hydrogen-bond donors (Lipinski definition) is 2. The van der Waals surface area contributed by atoms with Crippen molar-refractivity contribution in [1.29, 1.82) is 0 Å². The summed E-state index contributed by atoms with van der Waals surface area (Å²) in [5.41, 5.74) is 14.5. The molecule has 0 aliphatic carbocycles. The van der Waals surface area contributed by atoms with E-state index >= 15 is 0 Å². The molecule has 2 nitrogen and oxygen atoms in total. The van der Waals surface area contributed by atoms with Gasteiger partial charge in [0.15, 0.2) is 0 Å². The van der Waals surface area contributed by atoms with E-state index in [2.05, 4.69) is 39.8 Å². The Balaban J connectivity index is 2.45. The molecule has 0 saturated carbocycles. The molecule has 0 saturated heterocycles. The zero-order valence-electron chi connectivity index (χ0n) is 14.4. The molecule has 1 rings (SSSR count). The number of hydrogen-bond acceptors (Lipinski definition) is 2. The van der Waals surface area contributed by atoms with Crippen LogP contribution in [0.1, 0.15) is 77.7 Å². The van der Waals surface area contributed by atoms with E-state index in [1.54, 1.807) is 0 Å². The predicted octanol–water partition coefficient (Wildman–Crippen LogP) is 5.09. The summed E-state index contributed by atoms with van der Waals surface area (Å²) in [6.07, 6.45) is 7.20. The molecular weight excluding hydrogens is 256 g/mol. The van der Waals surface area contributed by atoms with E-state index in [4.69, 9.17) is 11.5 Å². The predicted molar refractivity (Wildman–Crippen MR) is 94.4 cm³/mol. The molecule has 120 valence electrons. The third-order valence-electron chi connectivity index (χ3n) is 4.48. The number of benzene rings is 1. The van der Waals surface area contributed by atoms with Crippen LogP contribution in [0.4, 0.5) is 5.69 Å². The summed E-state index contributed by atoms with van der Waals surface area (Å²) in [6, 6.07) is 8.68. The van der Waals surface area contributed by atoms with Gasteiger partial charge in [-0.1, -0.05) is 52.7 Å². The normalized spacial score (nSPS) is 14.9. The van der Waals surface area contributed by atoms with Crippen LogP contribution in [0.2, 0.25) is 0 Å². The summed E-state index contributed by atoms with van der Waals surface area (Å²) < 4.78 is 0. The van der Waals surface area contributed by atoms with Crippen LogP contribution in [-0.4, -0.2) is 6.04 Å². The molecule has 0 fully saturated rings. The monoisotopic (exact) mass is 290 g/mol. The lowest BCUT2D eigenvalue weighted by Crippen LogP contribution is -2.24. The fraction of sp³-hybridized carbons (Fsp3) is 0.684. The standard InChI is InChI=1S/C19H34N2/c1-5-6-7-17(20)12-13-19(3,4)14-15(2)16-8-10-18(21)11-9-16/h8-11,15,17H,5-7,12-14,20-21H2,1-4H3. The molecule has 2 atom stereocenters. The van der Waals surface area contributed by atoms with Gasteiger partial charge in [0.1, 0.15) is 0 Å². The smallest absolute Gasteiger partial charge is 0.0314 e. The highest BCUT2D eigenvalue weighted by Gasteiger charge is 2.22. The van der Waals surface area contributed by atoms with Gasteiger partial charge in [0.05, 0.1) is 0 Å². The zero-order valence-corrected chi connectivity index (χ0v) is 14.4. The summed E-state index contributed by atoms with van der Waals surface area (Å²) in [5, 5.41) is 0. The lowest BCUT2D eigenvalue weighted by Gasteiger charge is -2.29. The molecule has 1 aromatic rings. The number of unbranched alkanes of at least 4 members (excludes halogenated alkanes) is 1. The van der Waals surface area contributed by atoms with Crippen molar-refractivity contribution >= 4 is 5.69 Å². The topological polar surface area (TPSA) is 52.0 Å². The first-order valence-electron chi connectivity index (χ1n) is 8.45. The average molecular weight is 290 g/mol. The van der Waals surface area contributed by atoms with Gasteiger partial charge in [0, 0.05) is 11.7 Å². The van der Waals surface area contributed by atoms with E-state index in [9.17, 15) is 0 Å². The molecular formula is C19H34N2. The molecule has 1 aromatic carbocycles. The Kier molecular flexibility index (Phi) is 7.24. The van der Waals surface area contributed by atoms with Crippen LogP contribution in [0, 0.1) is 5.41 Å². The largest absolute Gasteiger partial charge is 0.399 e. The van der Waals surface area contributed by atoms with Crippen LogP contribution in [0.5, 0.6) is 0 Å². The van der Waals surface area contributed by atoms with E-state index in [-0.39, 0.29) is 0 Å². The molecule has 0 heterocycles. The first kappa shape index (κ1) is 18.0. The molecule has 0 radical (unpaired) electrons. The van der Waals surface area contributed by atoms with Crippen molar-refractivity contribution in [2.75, 3.05) is 5.73 Å². The molecule has 0 aliphatic heterocycles. The van der Waals surface area contributed by atoms with Gasteiger partial charge in [0.2, 0.25) is 0 Å². The van der Waals surface area contributed by atoms with Crippen molar-refractivity contribution < 1.29 is 0 Å². The lowest BCUT2D eigenvalue weighted by atomic mass is 9.77. The minimum Gasteiger partial charge on any atom is -0.399 e. The Hall–Kier alpha value is -1.02. The van der Waals surface area contributed by atoms with Gasteiger partial charge in [-0.15, -0.1) is 0 Å². The minimum absolute atomic E-state index is 0.338. The van der Waals surface area contributed by atoms with Crippen LogP contribution in [-0.2, 0) is 0 Å². The van der Waals surface area contributed by atoms with Crippen LogP contribution >= 0.6 is 0 Å². The second-order valence-electron chi connectivity index (χ2n) is 7.38. The molecule has 2 unspecified atom stereocenters. The van der Waals surface area contributed by atoms with Gasteiger partial charge in [-0.2, -0.15) is 0 Å². The van der Waals surface area contributed by atoms with Gasteiger partial charge in [-0.25, -0.2) is 0 Å². The van der Waals surface area contributed by atoms with E-state index in [0.717, 1.165) is 12.1 Å². The number of rotatable bonds is 9. The molecule has 4 N–H and O–H groups in total. The third-order valence-corrected chi connectivity index (χ3v) is 4.48. The van der Waals surface area contributed by atoms with Crippen molar-refractivity contribution in [2.24, 2.45) is 11.1 Å². The van der Waals surface area contributed by atoms with Crippen LogP contribution in [0.3, 0.4) is 0 Å². The van der Waals surface area contributed by atoms with Gasteiger partial charge in [0.25, 0.3) is 0 Å². The Morgan fingerprint density at radius 2 is 1.71 bits per heavy atom. The molecule has 21 heavy (non-hydrogen) atoms. The molecule has 2 heteroatoms. The molecule has 0 spiro atoms. The highest BCUT2D eigenvalue weighted by molar-refractivity contribution is 5.40. The van der Waals surface area contributed by atoms with Crippen molar-refractivity contribution in [3.8, 4) is 0 Å². The maximum Gasteiger partial charge on any atom is 0.0314 e. The average Bonchev–Trinajstić information content (AvgIpc) is 2.43. The van der Waals surface area contributed by atoms with Gasteiger partial charge >= 0.3 is 0 Å². The van der Waals surface area contributed by atoms with Crippen molar-refractivity contribution in [3.05, 3.63) is 29.8 Å². The van der Waals surface area contributed by atoms with E-state index in [1.165, 1.54) is 37.7 Å². The van der Waals surface area contributed by atoms with Gasteiger partial charge < -0.3 is 11.5 Å². The summed E-state index contributed by atoms with van der Waals surface area (Å²) in [5.74, 6) is 0.562. The highest BCUT2D eigenvalue weighted by atomic mass is 14.6. The Labute approximate surface area is 131 Å². The van der Waals surface area contributed by atoms with Crippen LogP contribution in [0.15, 0.2) is 24.3 Å². The maximum absolute atomic E-state index is 6.21. The summed E-state index contributed by atoms with van der Waals surface area (Å²) in [6.45, 7) is 9.27. The molecule has 0 aliphatic rings. The highest BCUT2D eigenvalue weighted by Crippen LogP contribution is 2.35. The first-order chi connectivity index (χ1) is 9.84. The number of nitrogen functional groups attached to an aromatic ring is 1. The van der Waals surface area contributed by atoms with Gasteiger partial charge in [-0.05, 0) is 54.7 Å². The Bertz CT molecular complexity index is 395. The minimum atomic E-state index is 0.338. The van der Waals surface area contributed by atoms with Crippen molar-refractivity contribution in [1.82, 2.24) is 0 Å². The Morgan fingerprint density at radius 1 is 1.10 bits per heavy atom. The third kappa shape index (κ3) is 6.99. The first-order valence-corrected chi connectivity index (χ1v) is 8.45. The summed E-state index contributed by atoms with van der Waals surface area (Å²) >= 11 is 0. The van der Waals surface area contributed by atoms with Crippen LogP contribution in [0.25, 0.3) is 0 Å².